The zero-order valence-electron chi connectivity index (χ0n) is 8.79. The van der Waals surface area contributed by atoms with E-state index < -0.39 is 0 Å². The lowest BCUT2D eigenvalue weighted by Gasteiger charge is -2.23. The van der Waals surface area contributed by atoms with Crippen molar-refractivity contribution < 1.29 is 0 Å². The maximum absolute atomic E-state index is 4.31. The van der Waals surface area contributed by atoms with Gasteiger partial charge in [0, 0.05) is 5.75 Å². The van der Waals surface area contributed by atoms with Crippen molar-refractivity contribution in [3.63, 3.8) is 0 Å². The van der Waals surface area contributed by atoms with Crippen LogP contribution in [0.1, 0.15) is 36.5 Å². The summed E-state index contributed by atoms with van der Waals surface area (Å²) >= 11 is 4.31. The first-order valence-electron chi connectivity index (χ1n) is 5.55. The fourth-order valence-corrected chi connectivity index (χ4v) is 2.53. The molecule has 1 atom stereocenters. The van der Waals surface area contributed by atoms with Crippen molar-refractivity contribution in [3.8, 4) is 0 Å². The Bertz CT molecular complexity index is 317. The summed E-state index contributed by atoms with van der Waals surface area (Å²) < 4.78 is 0. The molecule has 1 heteroatoms. The van der Waals surface area contributed by atoms with E-state index in [-0.39, 0.29) is 0 Å². The Morgan fingerprint density at radius 3 is 2.93 bits per heavy atom. The van der Waals surface area contributed by atoms with E-state index in [0.717, 1.165) is 11.7 Å². The molecule has 0 bridgehead atoms. The molecule has 76 valence electrons. The van der Waals surface area contributed by atoms with Crippen molar-refractivity contribution in [3.05, 3.63) is 34.9 Å². The van der Waals surface area contributed by atoms with E-state index in [9.17, 15) is 0 Å². The van der Waals surface area contributed by atoms with Crippen LogP contribution in [-0.4, -0.2) is 0 Å². The Hall–Kier alpha value is -0.430. The Kier molecular flexibility index (Phi) is 3.17. The van der Waals surface area contributed by atoms with Crippen molar-refractivity contribution in [2.45, 2.75) is 38.4 Å². The van der Waals surface area contributed by atoms with Gasteiger partial charge in [-0.3, -0.25) is 0 Å². The van der Waals surface area contributed by atoms with Crippen LogP contribution in [0.5, 0.6) is 0 Å². The van der Waals surface area contributed by atoms with Gasteiger partial charge >= 0.3 is 0 Å². The van der Waals surface area contributed by atoms with Gasteiger partial charge in [-0.2, -0.15) is 12.6 Å². The van der Waals surface area contributed by atoms with Gasteiger partial charge in [-0.15, -0.1) is 0 Å². The number of hydrogen-bond donors (Lipinski definition) is 1. The van der Waals surface area contributed by atoms with Crippen LogP contribution in [0.3, 0.4) is 0 Å². The van der Waals surface area contributed by atoms with Gasteiger partial charge in [0.2, 0.25) is 0 Å². The van der Waals surface area contributed by atoms with Gasteiger partial charge in [0.15, 0.2) is 0 Å². The summed E-state index contributed by atoms with van der Waals surface area (Å²) in [6.45, 7) is 2.30. The Labute approximate surface area is 92.1 Å². The van der Waals surface area contributed by atoms with Gasteiger partial charge in [-0.25, -0.2) is 0 Å². The zero-order chi connectivity index (χ0) is 9.97. The molecule has 0 saturated heterocycles. The maximum atomic E-state index is 4.31. The molecule has 1 aromatic carbocycles. The van der Waals surface area contributed by atoms with Gasteiger partial charge in [0.05, 0.1) is 0 Å². The summed E-state index contributed by atoms with van der Waals surface area (Å²) in [4.78, 5) is 0. The van der Waals surface area contributed by atoms with Gasteiger partial charge in [-0.1, -0.05) is 31.5 Å². The molecule has 0 amide bonds. The first-order valence-corrected chi connectivity index (χ1v) is 6.18. The van der Waals surface area contributed by atoms with E-state index in [0.29, 0.717) is 0 Å². The molecule has 0 fully saturated rings. The minimum atomic E-state index is 0.866. The lowest BCUT2D eigenvalue weighted by molar-refractivity contribution is 0.445. The molecular weight excluding hydrogens is 188 g/mol. The average Bonchev–Trinajstić information content (AvgIpc) is 2.27. The van der Waals surface area contributed by atoms with Gasteiger partial charge in [0.1, 0.15) is 0 Å². The minimum absolute atomic E-state index is 0.866. The molecular formula is C13H18S. The third-order valence-corrected chi connectivity index (χ3v) is 3.73. The number of aryl methyl sites for hydroxylation is 1. The summed E-state index contributed by atoms with van der Waals surface area (Å²) in [7, 11) is 0. The highest BCUT2D eigenvalue weighted by Crippen LogP contribution is 2.28. The number of hydrogen-bond acceptors (Lipinski definition) is 1. The van der Waals surface area contributed by atoms with E-state index in [2.05, 4.69) is 37.8 Å². The van der Waals surface area contributed by atoms with E-state index in [1.165, 1.54) is 31.2 Å². The highest BCUT2D eigenvalue weighted by atomic mass is 32.1. The van der Waals surface area contributed by atoms with Crippen molar-refractivity contribution in [2.24, 2.45) is 5.92 Å². The van der Waals surface area contributed by atoms with Crippen LogP contribution >= 0.6 is 12.6 Å². The molecule has 14 heavy (non-hydrogen) atoms. The predicted octanol–water partition coefficient (Wildman–Crippen LogP) is 3.63. The summed E-state index contributed by atoms with van der Waals surface area (Å²) in [5, 5.41) is 0. The molecule has 1 aliphatic rings. The second kappa shape index (κ2) is 4.39. The zero-order valence-corrected chi connectivity index (χ0v) is 9.69. The van der Waals surface area contributed by atoms with Crippen molar-refractivity contribution in [1.29, 1.82) is 0 Å². The SMILES string of the molecule is CCC1CCc2cc(CS)ccc2C1. The molecule has 1 aromatic rings. The lowest BCUT2D eigenvalue weighted by atomic mass is 9.82. The van der Waals surface area contributed by atoms with E-state index in [1.54, 1.807) is 11.1 Å². The van der Waals surface area contributed by atoms with Gasteiger partial charge < -0.3 is 0 Å². The van der Waals surface area contributed by atoms with E-state index >= 15 is 0 Å². The van der Waals surface area contributed by atoms with Crippen molar-refractivity contribution >= 4 is 12.6 Å². The molecule has 0 heterocycles. The molecule has 0 saturated carbocycles. The molecule has 0 nitrogen and oxygen atoms in total. The third-order valence-electron chi connectivity index (χ3n) is 3.36. The summed E-state index contributed by atoms with van der Waals surface area (Å²) in [5.41, 5.74) is 4.51. The Morgan fingerprint density at radius 2 is 2.21 bits per heavy atom. The Balaban J connectivity index is 2.23. The normalized spacial score (nSPS) is 20.6. The molecule has 2 rings (SSSR count). The van der Waals surface area contributed by atoms with Crippen LogP contribution in [0.15, 0.2) is 18.2 Å². The minimum Gasteiger partial charge on any atom is -0.175 e. The third kappa shape index (κ3) is 1.98. The second-order valence-corrected chi connectivity index (χ2v) is 4.59. The second-order valence-electron chi connectivity index (χ2n) is 4.28. The smallest absolute Gasteiger partial charge is 0.0154 e. The molecule has 0 aliphatic heterocycles. The summed E-state index contributed by atoms with van der Waals surface area (Å²) in [6.07, 6.45) is 5.27. The van der Waals surface area contributed by atoms with Crippen LogP contribution in [0, 0.1) is 5.92 Å². The van der Waals surface area contributed by atoms with Crippen LogP contribution in [0.2, 0.25) is 0 Å². The first-order chi connectivity index (χ1) is 6.83. The number of benzene rings is 1. The largest absolute Gasteiger partial charge is 0.175 e. The number of thiol groups is 1. The highest BCUT2D eigenvalue weighted by molar-refractivity contribution is 7.79. The topological polar surface area (TPSA) is 0 Å². The van der Waals surface area contributed by atoms with Crippen LogP contribution in [0.25, 0.3) is 0 Å². The van der Waals surface area contributed by atoms with Crippen molar-refractivity contribution in [1.82, 2.24) is 0 Å². The lowest BCUT2D eigenvalue weighted by Crippen LogP contribution is -2.13. The van der Waals surface area contributed by atoms with Gasteiger partial charge in [-0.05, 0) is 41.9 Å². The molecule has 0 radical (unpaired) electrons. The average molecular weight is 206 g/mol. The summed E-state index contributed by atoms with van der Waals surface area (Å²) in [6, 6.07) is 6.88. The fourth-order valence-electron chi connectivity index (χ4n) is 2.33. The standard InChI is InChI=1S/C13H18S/c1-2-10-3-5-13-8-11(9-14)4-6-12(13)7-10/h4,6,8,10,14H,2-3,5,7,9H2,1H3. The quantitative estimate of drug-likeness (QED) is 0.702. The monoisotopic (exact) mass is 206 g/mol. The Morgan fingerprint density at radius 1 is 1.36 bits per heavy atom. The van der Waals surface area contributed by atoms with Gasteiger partial charge in [0.25, 0.3) is 0 Å². The van der Waals surface area contributed by atoms with E-state index in [1.807, 2.05) is 0 Å². The number of fused-ring (bicyclic) bond motifs is 1. The summed E-state index contributed by atoms with van der Waals surface area (Å²) in [5.74, 6) is 1.79. The maximum Gasteiger partial charge on any atom is 0.0154 e. The van der Waals surface area contributed by atoms with Crippen LogP contribution < -0.4 is 0 Å². The highest BCUT2D eigenvalue weighted by Gasteiger charge is 2.16. The van der Waals surface area contributed by atoms with Crippen LogP contribution in [-0.2, 0) is 18.6 Å². The molecule has 1 unspecified atom stereocenters. The van der Waals surface area contributed by atoms with Crippen molar-refractivity contribution in [2.75, 3.05) is 0 Å². The first kappa shape index (κ1) is 10.1. The molecule has 1 aliphatic carbocycles. The molecule has 0 aromatic heterocycles. The molecule has 0 spiro atoms. The number of rotatable bonds is 2. The van der Waals surface area contributed by atoms with Crippen LogP contribution in [0.4, 0.5) is 0 Å². The predicted molar refractivity (Wildman–Crippen MR) is 64.9 cm³/mol. The fraction of sp³-hybridized carbons (Fsp3) is 0.538. The molecule has 0 N–H and O–H groups in total. The van der Waals surface area contributed by atoms with E-state index in [4.69, 9.17) is 0 Å².